The van der Waals surface area contributed by atoms with Crippen LogP contribution in [0, 0.1) is 34.5 Å². The number of likely N-dealkylation sites (tertiary alicyclic amines) is 1. The van der Waals surface area contributed by atoms with Crippen LogP contribution in [-0.2, 0) is 29.0 Å². The molecule has 4 rings (SSSR count). The van der Waals surface area contributed by atoms with Crippen LogP contribution in [-0.4, -0.2) is 91.1 Å². The number of sulfone groups is 1. The number of urea groups is 1. The highest BCUT2D eigenvalue weighted by Crippen LogP contribution is 2.65. The first-order valence-electron chi connectivity index (χ1n) is 19.0. The molecular formula is C38H63N5O7S. The van der Waals surface area contributed by atoms with Crippen molar-refractivity contribution in [2.45, 2.75) is 136 Å². The summed E-state index contributed by atoms with van der Waals surface area (Å²) < 4.78 is 26.4. The van der Waals surface area contributed by atoms with Crippen molar-refractivity contribution >= 4 is 39.4 Å². The zero-order valence-corrected chi connectivity index (χ0v) is 32.8. The van der Waals surface area contributed by atoms with Crippen molar-refractivity contribution in [1.29, 1.82) is 0 Å². The van der Waals surface area contributed by atoms with Gasteiger partial charge in [-0.15, -0.1) is 6.58 Å². The summed E-state index contributed by atoms with van der Waals surface area (Å²) in [4.78, 5) is 69.9. The van der Waals surface area contributed by atoms with E-state index in [0.29, 0.717) is 44.6 Å². The Morgan fingerprint density at radius 3 is 2.20 bits per heavy atom. The third-order valence-corrected chi connectivity index (χ3v) is 13.5. The topological polar surface area (TPSA) is 171 Å². The van der Waals surface area contributed by atoms with Crippen LogP contribution in [0.4, 0.5) is 4.79 Å². The van der Waals surface area contributed by atoms with Crippen LogP contribution in [0.15, 0.2) is 12.7 Å². The number of piperidine rings is 1. The Morgan fingerprint density at radius 1 is 0.980 bits per heavy atom. The average Bonchev–Trinajstić information content (AvgIpc) is 3.90. The molecule has 4 aliphatic rings. The number of amides is 5. The largest absolute Gasteiger partial charge is 0.346 e. The third kappa shape index (κ3) is 10.3. The van der Waals surface area contributed by atoms with Gasteiger partial charge in [0.05, 0.1) is 23.1 Å². The van der Waals surface area contributed by atoms with Crippen LogP contribution < -0.4 is 21.3 Å². The monoisotopic (exact) mass is 733 g/mol. The molecule has 3 saturated carbocycles. The second-order valence-corrected chi connectivity index (χ2v) is 20.0. The predicted octanol–water partition coefficient (Wildman–Crippen LogP) is 3.89. The molecule has 0 aromatic carbocycles. The van der Waals surface area contributed by atoms with Gasteiger partial charge in [-0.05, 0) is 66.6 Å². The van der Waals surface area contributed by atoms with Crippen molar-refractivity contribution in [1.82, 2.24) is 26.2 Å². The van der Waals surface area contributed by atoms with Gasteiger partial charge in [-0.25, -0.2) is 13.2 Å². The summed E-state index contributed by atoms with van der Waals surface area (Å²) in [5.41, 5.74) is -1.89. The van der Waals surface area contributed by atoms with Gasteiger partial charge in [-0.1, -0.05) is 86.6 Å². The second-order valence-electron chi connectivity index (χ2n) is 17.8. The van der Waals surface area contributed by atoms with Crippen LogP contribution in [0.3, 0.4) is 0 Å². The van der Waals surface area contributed by atoms with E-state index in [-0.39, 0.29) is 41.2 Å². The van der Waals surface area contributed by atoms with Gasteiger partial charge in [0.2, 0.25) is 17.6 Å². The SMILES string of the molecule is C=CCNC(=O)C(=O)[C@H](CCC1CC1)NC(=O)[C@@H]1[C@@H]2[C@H](CN1C(=O)[C@@H](NC(=O)NC1(CS(=O)(=O)CCC(C)C)CCCCC1)C(C)(C)C)C2(C)C. The minimum Gasteiger partial charge on any atom is -0.346 e. The van der Waals surface area contributed by atoms with Gasteiger partial charge in [0, 0.05) is 13.1 Å². The summed E-state index contributed by atoms with van der Waals surface area (Å²) in [6, 6.07) is -3.53. The van der Waals surface area contributed by atoms with Gasteiger partial charge in [0.1, 0.15) is 12.1 Å². The molecule has 0 spiro atoms. The van der Waals surface area contributed by atoms with Crippen LogP contribution in [0.25, 0.3) is 0 Å². The van der Waals surface area contributed by atoms with E-state index in [1.807, 2.05) is 34.6 Å². The minimum atomic E-state index is -3.44. The fourth-order valence-electron chi connectivity index (χ4n) is 8.22. The number of ketones is 1. The highest BCUT2D eigenvalue weighted by molar-refractivity contribution is 7.91. The molecule has 288 valence electrons. The molecule has 0 aromatic heterocycles. The fraction of sp³-hybridized carbons (Fsp3) is 0.816. The maximum Gasteiger partial charge on any atom is 0.315 e. The van der Waals surface area contributed by atoms with Crippen molar-refractivity contribution in [2.24, 2.45) is 34.5 Å². The van der Waals surface area contributed by atoms with Gasteiger partial charge < -0.3 is 26.2 Å². The molecule has 51 heavy (non-hydrogen) atoms. The highest BCUT2D eigenvalue weighted by atomic mass is 32.2. The van der Waals surface area contributed by atoms with Crippen molar-refractivity contribution in [3.63, 3.8) is 0 Å². The summed E-state index contributed by atoms with van der Waals surface area (Å²) in [6.45, 7) is 17.6. The molecular weight excluding hydrogens is 671 g/mol. The van der Waals surface area contributed by atoms with E-state index in [9.17, 15) is 32.4 Å². The smallest absolute Gasteiger partial charge is 0.315 e. The number of carbonyl (C=O) groups excluding carboxylic acids is 5. The Morgan fingerprint density at radius 2 is 1.63 bits per heavy atom. The Kier molecular flexibility index (Phi) is 12.8. The van der Waals surface area contributed by atoms with E-state index in [2.05, 4.69) is 41.7 Å². The molecule has 0 unspecified atom stereocenters. The Hall–Kier alpha value is -2.96. The lowest BCUT2D eigenvalue weighted by molar-refractivity contribution is -0.145. The quantitative estimate of drug-likeness (QED) is 0.130. The zero-order chi connectivity index (χ0) is 37.9. The van der Waals surface area contributed by atoms with Crippen molar-refractivity contribution in [3.05, 3.63) is 12.7 Å². The van der Waals surface area contributed by atoms with Crippen LogP contribution >= 0.6 is 0 Å². The molecule has 0 aromatic rings. The van der Waals surface area contributed by atoms with Crippen molar-refractivity contribution < 1.29 is 32.4 Å². The summed E-state index contributed by atoms with van der Waals surface area (Å²) in [5.74, 6) is -1.85. The number of hydrogen-bond acceptors (Lipinski definition) is 7. The first-order valence-corrected chi connectivity index (χ1v) is 20.9. The van der Waals surface area contributed by atoms with Crippen molar-refractivity contribution in [2.75, 3.05) is 24.6 Å². The molecule has 0 bridgehead atoms. The molecule has 1 saturated heterocycles. The number of carbonyl (C=O) groups is 5. The molecule has 5 amide bonds. The standard InChI is InChI=1S/C38H63N5O7S/c1-9-20-39-33(46)30(44)27(16-15-25-13-14-25)40-32(45)29-28-26(37(28,7)8)22-43(29)34(47)31(36(4,5)6)41-35(48)42-38(18-11-10-12-19-38)23-51(49,50)21-17-24(2)3/h9,24-29,31H,1,10-23H2,2-8H3,(H,39,46)(H,40,45)(H2,41,42,48)/t26-,27-,28-,29-,31+/m0/s1. The molecule has 13 heteroatoms. The molecule has 5 atom stereocenters. The molecule has 4 fully saturated rings. The van der Waals surface area contributed by atoms with E-state index in [4.69, 9.17) is 0 Å². The zero-order valence-electron chi connectivity index (χ0n) is 31.9. The normalized spacial score (nSPS) is 24.9. The summed E-state index contributed by atoms with van der Waals surface area (Å²) in [7, 11) is -3.44. The highest BCUT2D eigenvalue weighted by Gasteiger charge is 2.70. The predicted molar refractivity (Wildman–Crippen MR) is 197 cm³/mol. The second kappa shape index (κ2) is 16.0. The van der Waals surface area contributed by atoms with Crippen LogP contribution in [0.5, 0.6) is 0 Å². The van der Waals surface area contributed by atoms with E-state index in [1.54, 1.807) is 4.90 Å². The lowest BCUT2D eigenvalue weighted by Crippen LogP contribution is -2.64. The van der Waals surface area contributed by atoms with Gasteiger partial charge in [-0.2, -0.15) is 0 Å². The fourth-order valence-corrected chi connectivity index (χ4v) is 10.4. The summed E-state index contributed by atoms with van der Waals surface area (Å²) >= 11 is 0. The number of Topliss-reactive ketones (excluding diaryl/α,β-unsaturated/α-hetero) is 1. The van der Waals surface area contributed by atoms with Gasteiger partial charge in [-0.3, -0.25) is 19.2 Å². The molecule has 0 radical (unpaired) electrons. The van der Waals surface area contributed by atoms with Crippen LogP contribution in [0.1, 0.15) is 113 Å². The maximum atomic E-state index is 14.5. The lowest BCUT2D eigenvalue weighted by atomic mass is 9.83. The summed E-state index contributed by atoms with van der Waals surface area (Å²) in [5, 5.41) is 11.3. The summed E-state index contributed by atoms with van der Waals surface area (Å²) in [6.07, 6.45) is 8.81. The molecule has 1 heterocycles. The lowest BCUT2D eigenvalue weighted by Gasteiger charge is -2.40. The number of nitrogens with one attached hydrogen (secondary N) is 4. The number of nitrogens with zero attached hydrogens (tertiary/aromatic N) is 1. The van der Waals surface area contributed by atoms with E-state index < -0.39 is 68.5 Å². The maximum absolute atomic E-state index is 14.5. The van der Waals surface area contributed by atoms with Gasteiger partial charge in [0.15, 0.2) is 9.84 Å². The Bertz CT molecular complexity index is 1440. The first-order chi connectivity index (χ1) is 23.7. The number of fused-ring (bicyclic) bond motifs is 1. The third-order valence-electron chi connectivity index (χ3n) is 11.7. The molecule has 4 N–H and O–H groups in total. The molecule has 1 aliphatic heterocycles. The molecule has 3 aliphatic carbocycles. The van der Waals surface area contributed by atoms with E-state index in [0.717, 1.165) is 32.1 Å². The molecule has 12 nitrogen and oxygen atoms in total. The Balaban J connectivity index is 1.53. The Labute approximate surface area is 305 Å². The van der Waals surface area contributed by atoms with E-state index >= 15 is 0 Å². The first kappa shape index (κ1) is 40.8. The van der Waals surface area contributed by atoms with Crippen molar-refractivity contribution in [3.8, 4) is 0 Å². The van der Waals surface area contributed by atoms with Gasteiger partial charge >= 0.3 is 6.03 Å². The number of hydrogen-bond donors (Lipinski definition) is 4. The number of rotatable bonds is 17. The van der Waals surface area contributed by atoms with Crippen LogP contribution in [0.2, 0.25) is 0 Å². The van der Waals surface area contributed by atoms with Gasteiger partial charge in [0.25, 0.3) is 5.91 Å². The minimum absolute atomic E-state index is 0.0580. The van der Waals surface area contributed by atoms with E-state index in [1.165, 1.54) is 6.08 Å². The average molecular weight is 734 g/mol.